The maximum Gasteiger partial charge on any atom is 0.171 e. The second-order valence-electron chi connectivity index (χ2n) is 13.1. The number of hydrogen-bond donors (Lipinski definition) is 1. The van der Waals surface area contributed by atoms with Crippen molar-refractivity contribution in [1.82, 2.24) is 0 Å². The van der Waals surface area contributed by atoms with Crippen LogP contribution in [-0.2, 0) is 9.47 Å². The van der Waals surface area contributed by atoms with Crippen LogP contribution in [0.1, 0.15) is 91.9 Å². The molecule has 4 saturated carbocycles. The van der Waals surface area contributed by atoms with Gasteiger partial charge in [0.15, 0.2) is 5.79 Å². The van der Waals surface area contributed by atoms with Gasteiger partial charge in [-0.2, -0.15) is 0 Å². The SMILES string of the molecule is C[C@@H]1CC[C@]2(OC1)O[C@H]1C[C@@H]3[C@@H]4CC[C@H]5C[C@H](O)CC[C@]5(C)[C@@H]4CC[C@]3(C)[C@@H]1[C@@H]2C. The summed E-state index contributed by atoms with van der Waals surface area (Å²) in [5.41, 5.74) is 0.899. The van der Waals surface area contributed by atoms with Crippen LogP contribution in [0.3, 0.4) is 0 Å². The molecule has 2 aliphatic heterocycles. The number of rotatable bonds is 0. The largest absolute Gasteiger partial charge is 0.393 e. The fourth-order valence-electron chi connectivity index (χ4n) is 10.3. The van der Waals surface area contributed by atoms with Gasteiger partial charge in [-0.25, -0.2) is 0 Å². The molecule has 6 aliphatic rings. The minimum Gasteiger partial charge on any atom is -0.393 e. The van der Waals surface area contributed by atoms with Crippen LogP contribution in [0.2, 0.25) is 0 Å². The Hall–Kier alpha value is -0.120. The van der Waals surface area contributed by atoms with Gasteiger partial charge in [-0.05, 0) is 104 Å². The van der Waals surface area contributed by atoms with Gasteiger partial charge >= 0.3 is 0 Å². The zero-order chi connectivity index (χ0) is 20.9. The normalized spacial score (nSPS) is 62.5. The second kappa shape index (κ2) is 6.70. The van der Waals surface area contributed by atoms with Gasteiger partial charge in [-0.15, -0.1) is 0 Å². The lowest BCUT2D eigenvalue weighted by molar-refractivity contribution is -0.273. The number of fused-ring (bicyclic) bond motifs is 7. The molecule has 2 heterocycles. The van der Waals surface area contributed by atoms with E-state index >= 15 is 0 Å². The first-order valence-electron chi connectivity index (χ1n) is 13.3. The molecule has 0 aromatic rings. The number of aliphatic hydroxyl groups is 1. The highest BCUT2D eigenvalue weighted by Crippen LogP contribution is 2.71. The Balaban J connectivity index is 1.26. The first-order chi connectivity index (χ1) is 14.3. The minimum absolute atomic E-state index is 0.0389. The fraction of sp³-hybridized carbons (Fsp3) is 1.00. The van der Waals surface area contributed by atoms with Gasteiger partial charge in [0.25, 0.3) is 0 Å². The van der Waals surface area contributed by atoms with Gasteiger partial charge < -0.3 is 14.6 Å². The molecule has 30 heavy (non-hydrogen) atoms. The third kappa shape index (κ3) is 2.61. The molecule has 6 fully saturated rings. The van der Waals surface area contributed by atoms with Crippen molar-refractivity contribution in [2.24, 2.45) is 52.3 Å². The molecular weight excluding hydrogens is 372 g/mol. The van der Waals surface area contributed by atoms with E-state index in [9.17, 15) is 5.11 Å². The highest BCUT2D eigenvalue weighted by molar-refractivity contribution is 5.15. The maximum atomic E-state index is 10.3. The zero-order valence-electron chi connectivity index (χ0n) is 19.7. The molecule has 12 atom stereocenters. The highest BCUT2D eigenvalue weighted by Gasteiger charge is 2.69. The molecule has 0 radical (unpaired) electrons. The van der Waals surface area contributed by atoms with E-state index in [-0.39, 0.29) is 11.9 Å². The highest BCUT2D eigenvalue weighted by atomic mass is 16.7. The van der Waals surface area contributed by atoms with Crippen LogP contribution in [-0.4, -0.2) is 29.7 Å². The quantitative estimate of drug-likeness (QED) is 0.543. The molecule has 2 saturated heterocycles. The third-order valence-electron chi connectivity index (χ3n) is 11.9. The Morgan fingerprint density at radius 3 is 2.40 bits per heavy atom. The van der Waals surface area contributed by atoms with Gasteiger partial charge in [-0.3, -0.25) is 0 Å². The minimum atomic E-state index is -0.282. The van der Waals surface area contributed by atoms with Gasteiger partial charge in [-0.1, -0.05) is 27.7 Å². The summed E-state index contributed by atoms with van der Waals surface area (Å²) >= 11 is 0. The van der Waals surface area contributed by atoms with Crippen molar-refractivity contribution in [3.63, 3.8) is 0 Å². The average molecular weight is 417 g/mol. The van der Waals surface area contributed by atoms with Crippen molar-refractivity contribution in [3.8, 4) is 0 Å². The predicted molar refractivity (Wildman–Crippen MR) is 118 cm³/mol. The van der Waals surface area contributed by atoms with Crippen molar-refractivity contribution < 1.29 is 14.6 Å². The Kier molecular flexibility index (Phi) is 4.58. The van der Waals surface area contributed by atoms with E-state index in [0.29, 0.717) is 34.7 Å². The van der Waals surface area contributed by atoms with Crippen molar-refractivity contribution >= 4 is 0 Å². The van der Waals surface area contributed by atoms with Crippen LogP contribution in [0.15, 0.2) is 0 Å². The zero-order valence-corrected chi connectivity index (χ0v) is 19.7. The van der Waals surface area contributed by atoms with Crippen molar-refractivity contribution in [1.29, 1.82) is 0 Å². The summed E-state index contributed by atoms with van der Waals surface area (Å²) in [7, 11) is 0. The predicted octanol–water partition coefficient (Wildman–Crippen LogP) is 5.79. The van der Waals surface area contributed by atoms with Crippen LogP contribution in [0, 0.1) is 52.3 Å². The summed E-state index contributed by atoms with van der Waals surface area (Å²) in [6.07, 6.45) is 12.9. The summed E-state index contributed by atoms with van der Waals surface area (Å²) in [6.45, 7) is 10.9. The van der Waals surface area contributed by atoms with Crippen molar-refractivity contribution in [2.45, 2.75) is 110 Å². The summed E-state index contributed by atoms with van der Waals surface area (Å²) in [5, 5.41) is 10.3. The lowest BCUT2D eigenvalue weighted by Crippen LogP contribution is -2.55. The van der Waals surface area contributed by atoms with Crippen LogP contribution < -0.4 is 0 Å². The van der Waals surface area contributed by atoms with Crippen LogP contribution in [0.5, 0.6) is 0 Å². The maximum absolute atomic E-state index is 10.3. The third-order valence-corrected chi connectivity index (χ3v) is 11.9. The van der Waals surface area contributed by atoms with Crippen LogP contribution in [0.4, 0.5) is 0 Å². The fourth-order valence-corrected chi connectivity index (χ4v) is 10.3. The Morgan fingerprint density at radius 1 is 0.833 bits per heavy atom. The molecule has 3 nitrogen and oxygen atoms in total. The number of aliphatic hydroxyl groups excluding tert-OH is 1. The molecular formula is C27H44O3. The van der Waals surface area contributed by atoms with Crippen molar-refractivity contribution in [3.05, 3.63) is 0 Å². The van der Waals surface area contributed by atoms with Gasteiger partial charge in [0.2, 0.25) is 0 Å². The molecule has 0 unspecified atom stereocenters. The van der Waals surface area contributed by atoms with E-state index in [2.05, 4.69) is 27.7 Å². The molecule has 3 heteroatoms. The topological polar surface area (TPSA) is 38.7 Å². The van der Waals surface area contributed by atoms with Gasteiger partial charge in [0.1, 0.15) is 0 Å². The summed E-state index contributed by atoms with van der Waals surface area (Å²) in [5.74, 6) is 4.93. The van der Waals surface area contributed by atoms with E-state index in [0.717, 1.165) is 49.5 Å². The smallest absolute Gasteiger partial charge is 0.171 e. The summed E-state index contributed by atoms with van der Waals surface area (Å²) < 4.78 is 13.4. The lowest BCUT2D eigenvalue weighted by Gasteiger charge is -2.61. The molecule has 0 amide bonds. The summed E-state index contributed by atoms with van der Waals surface area (Å²) in [4.78, 5) is 0. The number of ether oxygens (including phenoxy) is 2. The van der Waals surface area contributed by atoms with Crippen LogP contribution in [0.25, 0.3) is 0 Å². The monoisotopic (exact) mass is 416 g/mol. The van der Waals surface area contributed by atoms with E-state index < -0.39 is 0 Å². The summed E-state index contributed by atoms with van der Waals surface area (Å²) in [6, 6.07) is 0. The number of hydrogen-bond acceptors (Lipinski definition) is 3. The second-order valence-corrected chi connectivity index (χ2v) is 13.1. The van der Waals surface area contributed by atoms with E-state index in [1.807, 2.05) is 0 Å². The molecule has 4 aliphatic carbocycles. The standard InChI is InChI=1S/C27H44O3/c1-16-7-12-27(29-15-16)17(2)24-23(30-27)14-22-20-6-5-18-13-19(28)8-10-25(18,3)21(20)9-11-26(22,24)4/h16-24,28H,5-15H2,1-4H3/t16-,17+,18+,19-,20-,21-,22-,23+,24-,25+,26+,27+/m1/s1. The Labute approximate surface area is 183 Å². The van der Waals surface area contributed by atoms with Crippen molar-refractivity contribution in [2.75, 3.05) is 6.61 Å². The lowest BCUT2D eigenvalue weighted by atomic mass is 9.44. The molecule has 0 aromatic carbocycles. The van der Waals surface area contributed by atoms with Gasteiger partial charge in [0, 0.05) is 12.3 Å². The first kappa shape index (κ1) is 20.5. The average Bonchev–Trinajstić information content (AvgIpc) is 3.16. The van der Waals surface area contributed by atoms with E-state index in [1.54, 1.807) is 0 Å². The molecule has 170 valence electrons. The molecule has 0 bridgehead atoms. The van der Waals surface area contributed by atoms with Crippen LogP contribution >= 0.6 is 0 Å². The molecule has 1 spiro atoms. The Morgan fingerprint density at radius 2 is 1.63 bits per heavy atom. The molecule has 0 aromatic heterocycles. The van der Waals surface area contributed by atoms with E-state index in [4.69, 9.17) is 9.47 Å². The van der Waals surface area contributed by atoms with E-state index in [1.165, 1.54) is 44.9 Å². The molecule has 6 rings (SSSR count). The Bertz CT molecular complexity index is 684. The first-order valence-corrected chi connectivity index (χ1v) is 13.3. The molecule has 1 N–H and O–H groups in total. The van der Waals surface area contributed by atoms with Gasteiger partial charge in [0.05, 0.1) is 18.8 Å².